The third-order valence-corrected chi connectivity index (χ3v) is 2.76. The summed E-state index contributed by atoms with van der Waals surface area (Å²) >= 11 is 5.94. The van der Waals surface area contributed by atoms with Crippen molar-refractivity contribution in [3.63, 3.8) is 0 Å². The molecular weight excluding hydrogens is 238 g/mol. The lowest BCUT2D eigenvalue weighted by Gasteiger charge is -1.94. The predicted octanol–water partition coefficient (Wildman–Crippen LogP) is 2.20. The van der Waals surface area contributed by atoms with Crippen LogP contribution in [0.3, 0.4) is 0 Å². The van der Waals surface area contributed by atoms with E-state index in [1.165, 1.54) is 0 Å². The van der Waals surface area contributed by atoms with E-state index in [2.05, 4.69) is 15.1 Å². The second kappa shape index (κ2) is 3.49. The molecule has 0 saturated carbocycles. The number of nitrogens with two attached hydrogens (primary N) is 1. The van der Waals surface area contributed by atoms with Crippen molar-refractivity contribution >= 4 is 28.3 Å². The van der Waals surface area contributed by atoms with E-state index in [-0.39, 0.29) is 0 Å². The first kappa shape index (κ1) is 10.2. The molecule has 1 aromatic carbocycles. The van der Waals surface area contributed by atoms with Crippen LogP contribution >= 0.6 is 11.6 Å². The zero-order chi connectivity index (χ0) is 12.0. The highest BCUT2D eigenvalue weighted by Crippen LogP contribution is 2.26. The normalized spacial score (nSPS) is 11.2. The largest absolute Gasteiger partial charge is 0.397 e. The van der Waals surface area contributed by atoms with Gasteiger partial charge in [-0.3, -0.25) is 4.68 Å². The summed E-state index contributed by atoms with van der Waals surface area (Å²) in [4.78, 5) is 7.58. The van der Waals surface area contributed by atoms with Crippen molar-refractivity contribution in [1.29, 1.82) is 0 Å². The first-order valence-corrected chi connectivity index (χ1v) is 5.46. The molecule has 0 aliphatic heterocycles. The van der Waals surface area contributed by atoms with Crippen molar-refractivity contribution in [2.45, 2.75) is 0 Å². The Morgan fingerprint density at radius 1 is 1.41 bits per heavy atom. The van der Waals surface area contributed by atoms with Gasteiger partial charge in [-0.15, -0.1) is 0 Å². The van der Waals surface area contributed by atoms with Crippen molar-refractivity contribution in [3.8, 4) is 11.5 Å². The molecule has 3 N–H and O–H groups in total. The molecule has 0 radical (unpaired) electrons. The number of benzene rings is 1. The van der Waals surface area contributed by atoms with Gasteiger partial charge < -0.3 is 10.7 Å². The van der Waals surface area contributed by atoms with Gasteiger partial charge in [0.1, 0.15) is 11.2 Å². The van der Waals surface area contributed by atoms with Crippen LogP contribution in [0.2, 0.25) is 5.02 Å². The summed E-state index contributed by atoms with van der Waals surface area (Å²) in [5.74, 6) is 0.689. The number of hydrogen-bond acceptors (Lipinski definition) is 3. The molecule has 17 heavy (non-hydrogen) atoms. The first-order valence-electron chi connectivity index (χ1n) is 5.08. The summed E-state index contributed by atoms with van der Waals surface area (Å²) in [6, 6.07) is 5.37. The minimum Gasteiger partial charge on any atom is -0.397 e. The van der Waals surface area contributed by atoms with Crippen molar-refractivity contribution in [2.24, 2.45) is 7.05 Å². The van der Waals surface area contributed by atoms with Crippen LogP contribution in [0.4, 0.5) is 5.69 Å². The summed E-state index contributed by atoms with van der Waals surface area (Å²) < 4.78 is 1.72. The number of H-pyrrole nitrogens is 1. The zero-order valence-corrected chi connectivity index (χ0v) is 9.86. The number of aromatic nitrogens is 4. The van der Waals surface area contributed by atoms with Crippen LogP contribution in [-0.4, -0.2) is 19.7 Å². The molecule has 0 fully saturated rings. The van der Waals surface area contributed by atoms with Crippen LogP contribution in [0.15, 0.2) is 24.4 Å². The standard InChI is InChI=1S/C11H10ClN5/c1-17-3-2-8(16-17)11-14-9-5-6(12)4-7(13)10(9)15-11/h2-5H,13H2,1H3,(H,14,15). The zero-order valence-electron chi connectivity index (χ0n) is 9.11. The number of nitrogen functional groups attached to an aromatic ring is 1. The van der Waals surface area contributed by atoms with E-state index in [1.54, 1.807) is 16.8 Å². The van der Waals surface area contributed by atoms with Gasteiger partial charge in [-0.25, -0.2) is 4.98 Å². The van der Waals surface area contributed by atoms with E-state index in [9.17, 15) is 0 Å². The van der Waals surface area contributed by atoms with Crippen LogP contribution < -0.4 is 5.73 Å². The fourth-order valence-corrected chi connectivity index (χ4v) is 2.00. The summed E-state index contributed by atoms with van der Waals surface area (Å²) in [6.45, 7) is 0. The molecule has 2 aromatic heterocycles. The molecule has 0 amide bonds. The monoisotopic (exact) mass is 247 g/mol. The van der Waals surface area contributed by atoms with Crippen LogP contribution in [0.25, 0.3) is 22.6 Å². The Balaban J connectivity index is 2.23. The van der Waals surface area contributed by atoms with Crippen LogP contribution in [0.5, 0.6) is 0 Å². The second-order valence-electron chi connectivity index (χ2n) is 3.85. The van der Waals surface area contributed by atoms with Gasteiger partial charge in [0.15, 0.2) is 5.82 Å². The second-order valence-corrected chi connectivity index (χ2v) is 4.29. The maximum atomic E-state index is 5.94. The van der Waals surface area contributed by atoms with Gasteiger partial charge in [0, 0.05) is 18.3 Å². The van der Waals surface area contributed by atoms with Gasteiger partial charge in [-0.05, 0) is 18.2 Å². The first-order chi connectivity index (χ1) is 8.13. The van der Waals surface area contributed by atoms with Gasteiger partial charge in [0.05, 0.1) is 11.2 Å². The van der Waals surface area contributed by atoms with Crippen molar-refractivity contribution in [1.82, 2.24) is 19.7 Å². The smallest absolute Gasteiger partial charge is 0.159 e. The highest BCUT2D eigenvalue weighted by Gasteiger charge is 2.10. The van der Waals surface area contributed by atoms with Gasteiger partial charge in [-0.2, -0.15) is 5.10 Å². The van der Waals surface area contributed by atoms with Crippen molar-refractivity contribution in [2.75, 3.05) is 5.73 Å². The Kier molecular flexibility index (Phi) is 2.09. The number of aromatic amines is 1. The maximum Gasteiger partial charge on any atom is 0.159 e. The lowest BCUT2D eigenvalue weighted by Crippen LogP contribution is -1.88. The summed E-state index contributed by atoms with van der Waals surface area (Å²) in [5.41, 5.74) is 8.73. The van der Waals surface area contributed by atoms with E-state index >= 15 is 0 Å². The topological polar surface area (TPSA) is 72.5 Å². The Morgan fingerprint density at radius 3 is 2.94 bits per heavy atom. The minimum absolute atomic E-state index is 0.561. The number of rotatable bonds is 1. The quantitative estimate of drug-likeness (QED) is 0.648. The summed E-state index contributed by atoms with van der Waals surface area (Å²) in [5, 5.41) is 4.87. The number of hydrogen-bond donors (Lipinski definition) is 2. The average Bonchev–Trinajstić information content (AvgIpc) is 2.83. The molecule has 5 nitrogen and oxygen atoms in total. The van der Waals surface area contributed by atoms with E-state index in [1.807, 2.05) is 19.3 Å². The fourth-order valence-electron chi connectivity index (χ4n) is 1.77. The lowest BCUT2D eigenvalue weighted by molar-refractivity contribution is 0.769. The van der Waals surface area contributed by atoms with Gasteiger partial charge in [0.2, 0.25) is 0 Å². The maximum absolute atomic E-state index is 5.94. The average molecular weight is 248 g/mol. The van der Waals surface area contributed by atoms with E-state index in [0.717, 1.165) is 16.7 Å². The Labute approximate surface area is 102 Å². The van der Waals surface area contributed by atoms with Crippen LogP contribution in [0.1, 0.15) is 0 Å². The molecular formula is C11H10ClN5. The number of aryl methyl sites for hydroxylation is 1. The molecule has 0 unspecified atom stereocenters. The number of fused-ring (bicyclic) bond motifs is 1. The minimum atomic E-state index is 0.561. The Hall–Kier alpha value is -2.01. The highest BCUT2D eigenvalue weighted by molar-refractivity contribution is 6.31. The Bertz CT molecular complexity index is 697. The van der Waals surface area contributed by atoms with Crippen LogP contribution in [0, 0.1) is 0 Å². The molecule has 3 rings (SSSR count). The number of halogens is 1. The van der Waals surface area contributed by atoms with E-state index in [0.29, 0.717) is 16.5 Å². The molecule has 3 aromatic rings. The number of nitrogens with one attached hydrogen (secondary N) is 1. The molecule has 0 atom stereocenters. The molecule has 6 heteroatoms. The van der Waals surface area contributed by atoms with Gasteiger partial charge in [-0.1, -0.05) is 11.6 Å². The van der Waals surface area contributed by atoms with Crippen LogP contribution in [-0.2, 0) is 7.05 Å². The van der Waals surface area contributed by atoms with E-state index in [4.69, 9.17) is 17.3 Å². The molecule has 2 heterocycles. The van der Waals surface area contributed by atoms with Gasteiger partial charge >= 0.3 is 0 Å². The molecule has 0 saturated heterocycles. The summed E-state index contributed by atoms with van der Waals surface area (Å²) in [7, 11) is 1.86. The highest BCUT2D eigenvalue weighted by atomic mass is 35.5. The lowest BCUT2D eigenvalue weighted by atomic mass is 10.3. The van der Waals surface area contributed by atoms with Gasteiger partial charge in [0.25, 0.3) is 0 Å². The van der Waals surface area contributed by atoms with E-state index < -0.39 is 0 Å². The molecule has 0 bridgehead atoms. The molecule has 0 aliphatic carbocycles. The third kappa shape index (κ3) is 1.64. The third-order valence-electron chi connectivity index (χ3n) is 2.54. The summed E-state index contributed by atoms with van der Waals surface area (Å²) in [6.07, 6.45) is 1.86. The number of anilines is 1. The molecule has 0 aliphatic rings. The SMILES string of the molecule is Cn1ccc(-c2nc3c(N)cc(Cl)cc3[nH]2)n1. The predicted molar refractivity (Wildman–Crippen MR) is 67.7 cm³/mol. The fraction of sp³-hybridized carbons (Fsp3) is 0.0909. The molecule has 86 valence electrons. The molecule has 0 spiro atoms. The number of imidazole rings is 1. The van der Waals surface area contributed by atoms with Crippen molar-refractivity contribution in [3.05, 3.63) is 29.4 Å². The number of nitrogens with zero attached hydrogens (tertiary/aromatic N) is 3. The Morgan fingerprint density at radius 2 is 2.24 bits per heavy atom. The van der Waals surface area contributed by atoms with Crippen molar-refractivity contribution < 1.29 is 0 Å².